The van der Waals surface area contributed by atoms with Crippen molar-refractivity contribution in [2.45, 2.75) is 12.5 Å². The van der Waals surface area contributed by atoms with Gasteiger partial charge in [-0.25, -0.2) is 19.8 Å². The molecule has 3 N–H and O–H groups in total. The normalized spacial score (nSPS) is 12.2. The van der Waals surface area contributed by atoms with Crippen LogP contribution in [0.1, 0.15) is 27.8 Å². The summed E-state index contributed by atoms with van der Waals surface area (Å²) in [6, 6.07) is 9.10. The number of hydrogen-bond acceptors (Lipinski definition) is 6. The molecule has 1 atom stereocenters. The van der Waals surface area contributed by atoms with Crippen LogP contribution < -0.4 is 11.2 Å². The Bertz CT molecular complexity index is 1200. The van der Waals surface area contributed by atoms with Crippen LogP contribution in [-0.2, 0) is 11.2 Å². The number of hydrogen-bond donors (Lipinski definition) is 3. The van der Waals surface area contributed by atoms with E-state index >= 15 is 0 Å². The summed E-state index contributed by atoms with van der Waals surface area (Å²) in [5, 5.41) is 12.7. The first-order valence-electron chi connectivity index (χ1n) is 8.43. The fourth-order valence-electron chi connectivity index (χ4n) is 3.12. The van der Waals surface area contributed by atoms with E-state index in [9.17, 15) is 14.4 Å². The van der Waals surface area contributed by atoms with Crippen LogP contribution in [0.25, 0.3) is 11.3 Å². The molecule has 0 unspecified atom stereocenters. The van der Waals surface area contributed by atoms with Gasteiger partial charge in [-0.15, -0.1) is 0 Å². The molecule has 0 amide bonds. The predicted molar refractivity (Wildman–Crippen MR) is 98.3 cm³/mol. The predicted octanol–water partition coefficient (Wildman–Crippen LogP) is 0.706. The lowest BCUT2D eigenvalue weighted by atomic mass is 10.0. The van der Waals surface area contributed by atoms with E-state index in [0.29, 0.717) is 12.2 Å². The van der Waals surface area contributed by atoms with Gasteiger partial charge in [-0.1, -0.05) is 30.3 Å². The van der Waals surface area contributed by atoms with E-state index in [4.69, 9.17) is 4.74 Å². The number of aromatic amines is 3. The molecular weight excluding hydrogens is 364 g/mol. The number of H-pyrrole nitrogens is 3. The molecule has 0 fully saturated rings. The molecule has 0 bridgehead atoms. The van der Waals surface area contributed by atoms with E-state index in [1.165, 1.54) is 13.3 Å². The van der Waals surface area contributed by atoms with Gasteiger partial charge in [-0.05, 0) is 5.56 Å². The number of pyridine rings is 1. The first-order chi connectivity index (χ1) is 13.6. The number of rotatable bonds is 5. The van der Waals surface area contributed by atoms with Crippen LogP contribution in [0.4, 0.5) is 0 Å². The Morgan fingerprint density at radius 1 is 1.14 bits per heavy atom. The van der Waals surface area contributed by atoms with E-state index in [1.54, 1.807) is 10.8 Å². The number of carbonyl (C=O) groups excluding carboxylic acids is 1. The number of esters is 1. The van der Waals surface area contributed by atoms with Crippen LogP contribution in [-0.4, -0.2) is 43.0 Å². The summed E-state index contributed by atoms with van der Waals surface area (Å²) in [6.45, 7) is 0. The molecule has 1 aromatic carbocycles. The molecule has 0 saturated heterocycles. The lowest BCUT2D eigenvalue weighted by Crippen LogP contribution is -2.20. The number of methoxy groups -OCH3 is 1. The van der Waals surface area contributed by atoms with Crippen LogP contribution in [0.15, 0.2) is 52.3 Å². The van der Waals surface area contributed by atoms with Crippen LogP contribution in [0.2, 0.25) is 0 Å². The maximum absolute atomic E-state index is 12.2. The van der Waals surface area contributed by atoms with Crippen molar-refractivity contribution in [1.82, 2.24) is 29.9 Å². The lowest BCUT2D eigenvalue weighted by molar-refractivity contribution is 0.0600. The molecule has 10 nitrogen and oxygen atoms in total. The molecule has 0 radical (unpaired) electrons. The quantitative estimate of drug-likeness (QED) is 0.436. The summed E-state index contributed by atoms with van der Waals surface area (Å²) in [7, 11) is 1.25. The average molecular weight is 380 g/mol. The van der Waals surface area contributed by atoms with Gasteiger partial charge in [-0.2, -0.15) is 10.2 Å². The first kappa shape index (κ1) is 17.5. The minimum absolute atomic E-state index is 0.134. The first-order valence-corrected chi connectivity index (χ1v) is 8.43. The minimum atomic E-state index is -0.625. The largest absolute Gasteiger partial charge is 0.465 e. The topological polar surface area (TPSA) is 139 Å². The highest BCUT2D eigenvalue weighted by atomic mass is 16.5. The fourth-order valence-corrected chi connectivity index (χ4v) is 3.12. The number of aromatic nitrogens is 6. The van der Waals surface area contributed by atoms with Gasteiger partial charge in [0.25, 0.3) is 5.56 Å². The molecule has 28 heavy (non-hydrogen) atoms. The number of nitrogens with one attached hydrogen (secondary N) is 3. The Balaban J connectivity index is 1.90. The molecule has 3 heterocycles. The number of fused-ring (bicyclic) bond motifs is 1. The van der Waals surface area contributed by atoms with Crippen molar-refractivity contribution in [2.75, 3.05) is 7.11 Å². The van der Waals surface area contributed by atoms with Crippen LogP contribution in [0.3, 0.4) is 0 Å². The number of ether oxygens (including phenoxy) is 1. The van der Waals surface area contributed by atoms with Gasteiger partial charge in [0.1, 0.15) is 11.3 Å². The van der Waals surface area contributed by atoms with E-state index < -0.39 is 23.3 Å². The van der Waals surface area contributed by atoms with E-state index in [2.05, 4.69) is 25.4 Å². The molecule has 0 saturated carbocycles. The van der Waals surface area contributed by atoms with E-state index in [0.717, 1.165) is 5.56 Å². The van der Waals surface area contributed by atoms with Gasteiger partial charge >= 0.3 is 11.7 Å². The molecular formula is C18H16N6O4. The zero-order chi connectivity index (χ0) is 19.7. The number of nitrogens with zero attached hydrogens (tertiary/aromatic N) is 3. The second-order valence-electron chi connectivity index (χ2n) is 6.19. The maximum Gasteiger partial charge on any atom is 0.341 e. The van der Waals surface area contributed by atoms with Gasteiger partial charge in [0.2, 0.25) is 0 Å². The highest BCUT2D eigenvalue weighted by molar-refractivity contribution is 5.95. The van der Waals surface area contributed by atoms with E-state index in [1.807, 2.05) is 30.3 Å². The molecule has 0 spiro atoms. The Morgan fingerprint density at radius 3 is 2.61 bits per heavy atom. The Morgan fingerprint density at radius 2 is 1.93 bits per heavy atom. The van der Waals surface area contributed by atoms with Gasteiger partial charge in [0, 0.05) is 18.8 Å². The van der Waals surface area contributed by atoms with Crippen molar-refractivity contribution < 1.29 is 9.53 Å². The highest BCUT2D eigenvalue weighted by Crippen LogP contribution is 2.26. The molecule has 2 aliphatic rings. The molecule has 142 valence electrons. The van der Waals surface area contributed by atoms with Crippen LogP contribution in [0.5, 0.6) is 0 Å². The molecule has 2 aromatic rings. The third-order valence-corrected chi connectivity index (χ3v) is 4.45. The van der Waals surface area contributed by atoms with Gasteiger partial charge in [0.05, 0.1) is 18.7 Å². The highest BCUT2D eigenvalue weighted by Gasteiger charge is 2.26. The fraction of sp³-hybridized carbons (Fsp3) is 0.167. The molecule has 4 rings (SSSR count). The van der Waals surface area contributed by atoms with E-state index in [-0.39, 0.29) is 16.8 Å². The number of benzene rings is 1. The molecule has 10 heteroatoms. The number of carbonyl (C=O) groups is 1. The molecule has 0 aliphatic carbocycles. The summed E-state index contributed by atoms with van der Waals surface area (Å²) in [5.41, 5.74) is 0.701. The van der Waals surface area contributed by atoms with Crippen molar-refractivity contribution in [1.29, 1.82) is 0 Å². The average Bonchev–Trinajstić information content (AvgIpc) is 3.31. The van der Waals surface area contributed by atoms with Crippen LogP contribution in [0, 0.1) is 0 Å². The van der Waals surface area contributed by atoms with Crippen LogP contribution >= 0.6 is 0 Å². The summed E-state index contributed by atoms with van der Waals surface area (Å²) in [6.07, 6.45) is 3.58. The second kappa shape index (κ2) is 6.99. The second-order valence-corrected chi connectivity index (χ2v) is 6.19. The zero-order valence-electron chi connectivity index (χ0n) is 14.8. The molecule has 2 aliphatic heterocycles. The van der Waals surface area contributed by atoms with Gasteiger partial charge < -0.3 is 9.30 Å². The Hall–Kier alpha value is -3.95. The molecule has 1 aromatic heterocycles. The summed E-state index contributed by atoms with van der Waals surface area (Å²) in [5.74, 6) is -0.259. The third kappa shape index (κ3) is 3.11. The minimum Gasteiger partial charge on any atom is -0.465 e. The lowest BCUT2D eigenvalue weighted by Gasteiger charge is -2.20. The zero-order valence-corrected chi connectivity index (χ0v) is 14.8. The Kier molecular flexibility index (Phi) is 4.36. The third-order valence-electron chi connectivity index (χ3n) is 4.45. The maximum atomic E-state index is 12.2. The van der Waals surface area contributed by atoms with Crippen molar-refractivity contribution >= 4 is 5.97 Å². The summed E-state index contributed by atoms with van der Waals surface area (Å²) < 4.78 is 6.49. The Labute approximate surface area is 157 Å². The smallest absolute Gasteiger partial charge is 0.341 e. The van der Waals surface area contributed by atoms with Crippen molar-refractivity contribution in [3.63, 3.8) is 0 Å². The SMILES string of the molecule is COC(=O)c1cn([C@@H](Cc2ccccc2)c2n[nH]c(=O)[nH]2)cc2c(=O)[nH]nc1-2. The summed E-state index contributed by atoms with van der Waals surface area (Å²) in [4.78, 5) is 38.6. The monoisotopic (exact) mass is 380 g/mol. The van der Waals surface area contributed by atoms with Crippen molar-refractivity contribution in [2.24, 2.45) is 0 Å². The standard InChI is InChI=1S/C18H16N6O4/c1-28-17(26)12-9-24(8-11-14(12)20-22-16(11)25)13(15-19-18(27)23-21-15)7-10-5-3-2-4-6-10/h2-6,8-9,13H,7H2,1H3,(H,22,25)(H2,19,21,23,27)/t13-/m0/s1. The van der Waals surface area contributed by atoms with Gasteiger partial charge in [-0.3, -0.25) is 9.78 Å². The summed E-state index contributed by atoms with van der Waals surface area (Å²) >= 11 is 0. The van der Waals surface area contributed by atoms with Gasteiger partial charge in [0.15, 0.2) is 5.82 Å². The van der Waals surface area contributed by atoms with Crippen molar-refractivity contribution in [3.8, 4) is 11.3 Å². The van der Waals surface area contributed by atoms with Crippen molar-refractivity contribution in [3.05, 3.63) is 80.5 Å².